The van der Waals surface area contributed by atoms with Crippen molar-refractivity contribution in [2.24, 2.45) is 5.73 Å². The van der Waals surface area contributed by atoms with Crippen LogP contribution >= 0.6 is 0 Å². The van der Waals surface area contributed by atoms with Crippen molar-refractivity contribution in [2.45, 2.75) is 44.6 Å². The van der Waals surface area contributed by atoms with Crippen LogP contribution in [0.2, 0.25) is 0 Å². The lowest BCUT2D eigenvalue weighted by atomic mass is 10.1. The molecule has 2 aromatic rings. The first-order chi connectivity index (χ1) is 14.5. The van der Waals surface area contributed by atoms with Crippen LogP contribution in [0.4, 0.5) is 4.79 Å². The fraction of sp³-hybridized carbons (Fsp3) is 0.318. The molecule has 0 spiro atoms. The van der Waals surface area contributed by atoms with Crippen LogP contribution in [0.15, 0.2) is 60.7 Å². The summed E-state index contributed by atoms with van der Waals surface area (Å²) in [6, 6.07) is 16.2. The molecule has 0 bridgehead atoms. The van der Waals surface area contributed by atoms with Crippen LogP contribution in [0.1, 0.15) is 30.4 Å². The maximum atomic E-state index is 12.0. The van der Waals surface area contributed by atoms with Gasteiger partial charge in [0, 0.05) is 0 Å². The topological polar surface area (TPSA) is 128 Å². The Morgan fingerprint density at radius 2 is 1.40 bits per heavy atom. The molecule has 0 saturated carbocycles. The minimum absolute atomic E-state index is 0.0388. The predicted molar refractivity (Wildman–Crippen MR) is 109 cm³/mol. The fourth-order valence-corrected chi connectivity index (χ4v) is 2.66. The van der Waals surface area contributed by atoms with Gasteiger partial charge in [-0.2, -0.15) is 0 Å². The fourth-order valence-electron chi connectivity index (χ4n) is 2.66. The van der Waals surface area contributed by atoms with E-state index >= 15 is 0 Å². The number of carboxylic acids is 1. The molecule has 2 rings (SSSR count). The Hall–Kier alpha value is -3.39. The van der Waals surface area contributed by atoms with Crippen molar-refractivity contribution in [3.8, 4) is 0 Å². The van der Waals surface area contributed by atoms with Crippen molar-refractivity contribution in [3.05, 3.63) is 71.8 Å². The third-order valence-electron chi connectivity index (χ3n) is 4.34. The number of benzene rings is 2. The van der Waals surface area contributed by atoms with Crippen molar-refractivity contribution < 1.29 is 29.0 Å². The van der Waals surface area contributed by atoms with E-state index in [-0.39, 0.29) is 26.1 Å². The number of rotatable bonds is 11. The molecule has 0 heterocycles. The van der Waals surface area contributed by atoms with Gasteiger partial charge < -0.3 is 25.6 Å². The van der Waals surface area contributed by atoms with Crippen LogP contribution in [-0.4, -0.2) is 35.2 Å². The molecule has 0 aliphatic rings. The van der Waals surface area contributed by atoms with Gasteiger partial charge in [-0.1, -0.05) is 60.7 Å². The lowest BCUT2D eigenvalue weighted by molar-refractivity contribution is -0.146. The minimum Gasteiger partial charge on any atom is -0.480 e. The molecule has 0 aliphatic carbocycles. The number of esters is 1. The summed E-state index contributed by atoms with van der Waals surface area (Å²) in [5.41, 5.74) is 7.46. The maximum absolute atomic E-state index is 12.0. The molecule has 4 N–H and O–H groups in total. The van der Waals surface area contributed by atoms with Crippen LogP contribution in [0.5, 0.6) is 0 Å². The maximum Gasteiger partial charge on any atom is 0.408 e. The molecule has 2 aromatic carbocycles. The van der Waals surface area contributed by atoms with Gasteiger partial charge in [0.1, 0.15) is 25.3 Å². The number of ether oxygens (including phenoxy) is 2. The van der Waals surface area contributed by atoms with Gasteiger partial charge in [-0.15, -0.1) is 0 Å². The van der Waals surface area contributed by atoms with E-state index in [1.54, 1.807) is 12.1 Å². The number of carbonyl (C=O) groups excluding carboxylic acids is 2. The Morgan fingerprint density at radius 3 is 1.93 bits per heavy atom. The second kappa shape index (κ2) is 12.2. The van der Waals surface area contributed by atoms with E-state index in [0.717, 1.165) is 11.1 Å². The molecule has 8 nitrogen and oxygen atoms in total. The Bertz CT molecular complexity index is 813. The van der Waals surface area contributed by atoms with Crippen molar-refractivity contribution in [1.82, 2.24) is 5.32 Å². The minimum atomic E-state index is -1.19. The molecular weight excluding hydrogens is 388 g/mol. The van der Waals surface area contributed by atoms with Crippen LogP contribution in [-0.2, 0) is 32.3 Å². The zero-order valence-corrected chi connectivity index (χ0v) is 16.5. The number of hydrogen-bond donors (Lipinski definition) is 3. The number of carboxylic acid groups (broad SMARTS) is 1. The first kappa shape index (κ1) is 22.9. The highest BCUT2D eigenvalue weighted by atomic mass is 16.5. The zero-order chi connectivity index (χ0) is 21.8. The largest absolute Gasteiger partial charge is 0.480 e. The number of aliphatic carboxylic acids is 1. The highest BCUT2D eigenvalue weighted by molar-refractivity contribution is 5.79. The second-order valence-corrected chi connectivity index (χ2v) is 6.73. The standard InChI is InChI=1S/C22H26N2O6/c23-18(21(27)29-14-16-8-3-1-4-9-16)12-7-13-19(20(25)26)24-22(28)30-15-17-10-5-2-6-11-17/h1-6,8-11,18-19H,7,12-15,23H2,(H,24,28)(H,25,26)/t18?,19-/m0/s1. The summed E-state index contributed by atoms with van der Waals surface area (Å²) in [5.74, 6) is -1.74. The zero-order valence-electron chi connectivity index (χ0n) is 16.5. The number of nitrogens with two attached hydrogens (primary N) is 1. The smallest absolute Gasteiger partial charge is 0.408 e. The van der Waals surface area contributed by atoms with Crippen molar-refractivity contribution in [3.63, 3.8) is 0 Å². The normalized spacial score (nSPS) is 12.4. The van der Waals surface area contributed by atoms with Crippen molar-refractivity contribution in [2.75, 3.05) is 0 Å². The Balaban J connectivity index is 1.69. The molecule has 1 amide bonds. The average Bonchev–Trinajstić information content (AvgIpc) is 2.76. The summed E-state index contributed by atoms with van der Waals surface area (Å²) >= 11 is 0. The van der Waals surface area contributed by atoms with E-state index in [1.165, 1.54) is 0 Å². The Kier molecular flexibility index (Phi) is 9.33. The van der Waals surface area contributed by atoms with Crippen molar-refractivity contribution in [1.29, 1.82) is 0 Å². The molecule has 0 aliphatic heterocycles. The van der Waals surface area contributed by atoms with Gasteiger partial charge in [0.25, 0.3) is 0 Å². The highest BCUT2D eigenvalue weighted by Crippen LogP contribution is 2.08. The number of nitrogens with one attached hydrogen (secondary N) is 1. The number of alkyl carbamates (subject to hydrolysis) is 1. The van der Waals surface area contributed by atoms with Gasteiger partial charge in [0.15, 0.2) is 0 Å². The van der Waals surface area contributed by atoms with Gasteiger partial charge in [0.2, 0.25) is 0 Å². The average molecular weight is 414 g/mol. The van der Waals surface area contributed by atoms with Gasteiger partial charge in [-0.25, -0.2) is 9.59 Å². The van der Waals surface area contributed by atoms with Crippen LogP contribution in [0, 0.1) is 0 Å². The van der Waals surface area contributed by atoms with Gasteiger partial charge in [-0.05, 0) is 30.4 Å². The molecule has 1 unspecified atom stereocenters. The SMILES string of the molecule is NC(CCC[C@H](NC(=O)OCc1ccccc1)C(=O)O)C(=O)OCc1ccccc1. The third-order valence-corrected chi connectivity index (χ3v) is 4.34. The number of carbonyl (C=O) groups is 3. The summed E-state index contributed by atoms with van der Waals surface area (Å²) in [6.07, 6.45) is -0.164. The molecule has 2 atom stereocenters. The highest BCUT2D eigenvalue weighted by Gasteiger charge is 2.22. The number of amides is 1. The van der Waals surface area contributed by atoms with E-state index in [1.807, 2.05) is 48.5 Å². The Labute approximate surface area is 175 Å². The van der Waals surface area contributed by atoms with Crippen LogP contribution in [0.25, 0.3) is 0 Å². The van der Waals surface area contributed by atoms with Gasteiger partial charge in [-0.3, -0.25) is 4.79 Å². The first-order valence-corrected chi connectivity index (χ1v) is 9.62. The molecule has 0 saturated heterocycles. The summed E-state index contributed by atoms with van der Waals surface area (Å²) in [4.78, 5) is 35.2. The lowest BCUT2D eigenvalue weighted by Gasteiger charge is -2.16. The van der Waals surface area contributed by atoms with E-state index in [2.05, 4.69) is 5.32 Å². The molecule has 0 fully saturated rings. The monoisotopic (exact) mass is 414 g/mol. The quantitative estimate of drug-likeness (QED) is 0.482. The summed E-state index contributed by atoms with van der Waals surface area (Å²) < 4.78 is 10.2. The second-order valence-electron chi connectivity index (χ2n) is 6.73. The first-order valence-electron chi connectivity index (χ1n) is 9.62. The predicted octanol–water partition coefficient (Wildman–Crippen LogP) is 2.61. The van der Waals surface area contributed by atoms with E-state index in [4.69, 9.17) is 15.2 Å². The summed E-state index contributed by atoms with van der Waals surface area (Å²) in [7, 11) is 0. The number of hydrogen-bond acceptors (Lipinski definition) is 6. The van der Waals surface area contributed by atoms with Gasteiger partial charge >= 0.3 is 18.0 Å². The van der Waals surface area contributed by atoms with Crippen LogP contribution in [0.3, 0.4) is 0 Å². The summed E-state index contributed by atoms with van der Waals surface area (Å²) in [5, 5.41) is 11.6. The third kappa shape index (κ3) is 8.32. The van der Waals surface area contributed by atoms with E-state index in [0.29, 0.717) is 6.42 Å². The molecule has 8 heteroatoms. The molecule has 160 valence electrons. The molecule has 30 heavy (non-hydrogen) atoms. The lowest BCUT2D eigenvalue weighted by Crippen LogP contribution is -2.41. The summed E-state index contributed by atoms with van der Waals surface area (Å²) in [6.45, 7) is 0.164. The van der Waals surface area contributed by atoms with E-state index < -0.39 is 30.1 Å². The molecule has 0 aromatic heterocycles. The van der Waals surface area contributed by atoms with Crippen molar-refractivity contribution >= 4 is 18.0 Å². The Morgan fingerprint density at radius 1 is 0.867 bits per heavy atom. The van der Waals surface area contributed by atoms with Gasteiger partial charge in [0.05, 0.1) is 0 Å². The van der Waals surface area contributed by atoms with E-state index in [9.17, 15) is 19.5 Å². The molecular formula is C22H26N2O6. The van der Waals surface area contributed by atoms with Crippen LogP contribution < -0.4 is 11.1 Å². The molecule has 0 radical (unpaired) electrons.